The van der Waals surface area contributed by atoms with Crippen LogP contribution in [0.5, 0.6) is 0 Å². The number of ether oxygens (including phenoxy) is 1. The van der Waals surface area contributed by atoms with Crippen LogP contribution in [0.1, 0.15) is 49.1 Å². The molecule has 2 unspecified atom stereocenters. The number of carbonyl (C=O) groups excluding carboxylic acids is 2. The molecule has 2 atom stereocenters. The summed E-state index contributed by atoms with van der Waals surface area (Å²) in [6, 6.07) is 9.81. The summed E-state index contributed by atoms with van der Waals surface area (Å²) in [5, 5.41) is 21.9. The van der Waals surface area contributed by atoms with Crippen molar-refractivity contribution in [1.82, 2.24) is 4.90 Å². The van der Waals surface area contributed by atoms with Gasteiger partial charge in [-0.2, -0.15) is 0 Å². The number of hydrogen-bond donors (Lipinski definition) is 2. The summed E-state index contributed by atoms with van der Waals surface area (Å²) in [5.41, 5.74) is 2.08. The molecule has 4 rings (SSSR count). The van der Waals surface area contributed by atoms with E-state index in [0.29, 0.717) is 53.6 Å². The number of ketones is 2. The van der Waals surface area contributed by atoms with Crippen molar-refractivity contribution in [3.8, 4) is 0 Å². The summed E-state index contributed by atoms with van der Waals surface area (Å²) in [6.45, 7) is 1.88. The fraction of sp³-hybridized carbons (Fsp3) is 0.391. The van der Waals surface area contributed by atoms with Crippen LogP contribution in [0.4, 0.5) is 0 Å². The normalized spacial score (nSPS) is 21.9. The molecule has 0 saturated heterocycles. The molecule has 0 heterocycles. The minimum absolute atomic E-state index is 0.0845. The predicted molar refractivity (Wildman–Crippen MR) is 117 cm³/mol. The fourth-order valence-corrected chi connectivity index (χ4v) is 4.84. The van der Waals surface area contributed by atoms with Gasteiger partial charge in [0.25, 0.3) is 0 Å². The van der Waals surface area contributed by atoms with Gasteiger partial charge in [-0.1, -0.05) is 30.3 Å². The molecule has 6 nitrogen and oxygen atoms in total. The zero-order chi connectivity index (χ0) is 22.2. The minimum atomic E-state index is -1.88. The highest BCUT2D eigenvalue weighted by Gasteiger charge is 2.48. The molecule has 2 aliphatic rings. The molecule has 0 bridgehead atoms. The van der Waals surface area contributed by atoms with Gasteiger partial charge in [-0.3, -0.25) is 14.5 Å². The zero-order valence-electron chi connectivity index (χ0n) is 16.8. The van der Waals surface area contributed by atoms with Crippen LogP contribution in [-0.2, 0) is 11.2 Å². The number of halogens is 2. The molecular weight excluding hydrogens is 441 g/mol. The van der Waals surface area contributed by atoms with Crippen LogP contribution in [0.25, 0.3) is 0 Å². The molecular formula is C23H23Cl2NO5. The van der Waals surface area contributed by atoms with Gasteiger partial charge in [0.15, 0.2) is 11.6 Å². The Labute approximate surface area is 190 Å². The van der Waals surface area contributed by atoms with E-state index in [9.17, 15) is 19.8 Å². The second kappa shape index (κ2) is 8.98. The van der Waals surface area contributed by atoms with Crippen molar-refractivity contribution < 1.29 is 24.5 Å². The lowest BCUT2D eigenvalue weighted by Gasteiger charge is -2.29. The summed E-state index contributed by atoms with van der Waals surface area (Å²) in [4.78, 5) is 28.1. The van der Waals surface area contributed by atoms with E-state index in [4.69, 9.17) is 27.9 Å². The van der Waals surface area contributed by atoms with Crippen molar-refractivity contribution in [2.45, 2.75) is 18.3 Å². The first-order chi connectivity index (χ1) is 14.9. The highest BCUT2D eigenvalue weighted by molar-refractivity contribution is 6.29. The molecule has 8 heteroatoms. The first-order valence-corrected chi connectivity index (χ1v) is 11.2. The number of aliphatic hydroxyl groups excluding tert-OH is 1. The Bertz CT molecular complexity index is 1020. The first kappa shape index (κ1) is 22.4. The Morgan fingerprint density at radius 2 is 1.61 bits per heavy atom. The van der Waals surface area contributed by atoms with Gasteiger partial charge in [0.2, 0.25) is 5.79 Å². The Morgan fingerprint density at radius 1 is 0.968 bits per heavy atom. The van der Waals surface area contributed by atoms with Crippen molar-refractivity contribution in [2.24, 2.45) is 0 Å². The van der Waals surface area contributed by atoms with E-state index in [1.165, 1.54) is 0 Å². The average molecular weight is 464 g/mol. The summed E-state index contributed by atoms with van der Waals surface area (Å²) in [6.07, 6.45) is -1.42. The highest BCUT2D eigenvalue weighted by atomic mass is 35.5. The van der Waals surface area contributed by atoms with Crippen molar-refractivity contribution in [3.05, 3.63) is 69.8 Å². The van der Waals surface area contributed by atoms with E-state index in [1.54, 1.807) is 36.4 Å². The van der Waals surface area contributed by atoms with Crippen LogP contribution < -0.4 is 0 Å². The number of nitrogens with zero attached hydrogens (tertiary/aromatic N) is 1. The Kier molecular flexibility index (Phi) is 6.49. The maximum Gasteiger partial charge on any atom is 0.200 e. The lowest BCUT2D eigenvalue weighted by atomic mass is 9.81. The smallest absolute Gasteiger partial charge is 0.200 e. The Hall–Kier alpha value is -1.80. The maximum atomic E-state index is 13.2. The number of alkyl halides is 2. The van der Waals surface area contributed by atoms with Gasteiger partial charge < -0.3 is 14.9 Å². The molecule has 0 fully saturated rings. The van der Waals surface area contributed by atoms with Crippen LogP contribution in [0.15, 0.2) is 36.4 Å². The van der Waals surface area contributed by atoms with E-state index >= 15 is 0 Å². The molecule has 2 aromatic rings. The van der Waals surface area contributed by atoms with Crippen LogP contribution in [0.3, 0.4) is 0 Å². The first-order valence-electron chi connectivity index (χ1n) is 10.1. The lowest BCUT2D eigenvalue weighted by Crippen LogP contribution is -2.40. The average Bonchev–Trinajstić information content (AvgIpc) is 3.02. The molecule has 0 amide bonds. The molecule has 2 N–H and O–H groups in total. The topological polar surface area (TPSA) is 87.1 Å². The molecule has 164 valence electrons. The third kappa shape index (κ3) is 3.93. The fourth-order valence-electron chi connectivity index (χ4n) is 4.37. The molecule has 0 aliphatic heterocycles. The monoisotopic (exact) mass is 463 g/mol. The molecule has 2 aromatic carbocycles. The molecule has 2 aliphatic carbocycles. The summed E-state index contributed by atoms with van der Waals surface area (Å²) >= 11 is 11.6. The summed E-state index contributed by atoms with van der Waals surface area (Å²) in [7, 11) is 0. The number of hydrogen-bond acceptors (Lipinski definition) is 6. The Morgan fingerprint density at radius 3 is 2.26 bits per heavy atom. The van der Waals surface area contributed by atoms with Crippen LogP contribution in [-0.4, -0.2) is 70.5 Å². The minimum Gasteiger partial charge on any atom is -0.383 e. The lowest BCUT2D eigenvalue weighted by molar-refractivity contribution is -0.251. The van der Waals surface area contributed by atoms with Gasteiger partial charge in [0, 0.05) is 60.1 Å². The number of aliphatic hydroxyl groups is 2. The third-order valence-corrected chi connectivity index (χ3v) is 6.29. The van der Waals surface area contributed by atoms with Gasteiger partial charge in [-0.25, -0.2) is 0 Å². The van der Waals surface area contributed by atoms with E-state index in [1.807, 2.05) is 4.90 Å². The van der Waals surface area contributed by atoms with Gasteiger partial charge >= 0.3 is 0 Å². The Balaban J connectivity index is 1.59. The number of benzene rings is 2. The van der Waals surface area contributed by atoms with E-state index in [-0.39, 0.29) is 35.7 Å². The molecule has 31 heavy (non-hydrogen) atoms. The largest absolute Gasteiger partial charge is 0.383 e. The van der Waals surface area contributed by atoms with Crippen molar-refractivity contribution in [1.29, 1.82) is 0 Å². The van der Waals surface area contributed by atoms with Gasteiger partial charge in [0.1, 0.15) is 6.10 Å². The van der Waals surface area contributed by atoms with E-state index < -0.39 is 11.9 Å². The van der Waals surface area contributed by atoms with Crippen molar-refractivity contribution in [3.63, 3.8) is 0 Å². The number of rotatable bonds is 8. The zero-order valence-corrected chi connectivity index (χ0v) is 18.3. The standard InChI is InChI=1S/C23H23Cl2NO5/c24-7-9-26(10-8-25)11-12-31-23(30)13-18-16(22(23)29)5-6-17-19(18)21(28)15-4-2-1-3-14(15)20(17)27/h1-6,22,29-30H,7-13H2. The van der Waals surface area contributed by atoms with Crippen LogP contribution in [0, 0.1) is 0 Å². The third-order valence-electron chi connectivity index (χ3n) is 5.95. The molecule has 0 radical (unpaired) electrons. The van der Waals surface area contributed by atoms with Crippen molar-refractivity contribution >= 4 is 34.8 Å². The second-order valence-electron chi connectivity index (χ2n) is 7.75. The quantitative estimate of drug-likeness (QED) is 0.394. The van der Waals surface area contributed by atoms with Gasteiger partial charge in [0.05, 0.1) is 6.61 Å². The van der Waals surface area contributed by atoms with Crippen LogP contribution >= 0.6 is 23.2 Å². The van der Waals surface area contributed by atoms with Crippen molar-refractivity contribution in [2.75, 3.05) is 38.0 Å². The predicted octanol–water partition coefficient (Wildman–Crippen LogP) is 2.54. The van der Waals surface area contributed by atoms with Gasteiger partial charge in [-0.15, -0.1) is 23.2 Å². The summed E-state index contributed by atoms with van der Waals surface area (Å²) < 4.78 is 5.71. The molecule has 0 aromatic heterocycles. The number of fused-ring (bicyclic) bond motifs is 4. The summed E-state index contributed by atoms with van der Waals surface area (Å²) in [5.74, 6) is -1.52. The maximum absolute atomic E-state index is 13.2. The molecule has 0 spiro atoms. The second-order valence-corrected chi connectivity index (χ2v) is 8.51. The van der Waals surface area contributed by atoms with E-state index in [0.717, 1.165) is 0 Å². The van der Waals surface area contributed by atoms with Gasteiger partial charge in [-0.05, 0) is 17.2 Å². The SMILES string of the molecule is O=C1c2ccccc2C(=O)c2c1ccc1c2CC(O)(OCCN(CCCl)CCCl)C1O. The van der Waals surface area contributed by atoms with Crippen LogP contribution in [0.2, 0.25) is 0 Å². The highest BCUT2D eigenvalue weighted by Crippen LogP contribution is 2.44. The van der Waals surface area contributed by atoms with E-state index in [2.05, 4.69) is 0 Å². The molecule has 0 saturated carbocycles. The number of carbonyl (C=O) groups is 2.